The Balaban J connectivity index is 1.51. The fraction of sp³-hybridized carbons (Fsp3) is 0.350. The van der Waals surface area contributed by atoms with Crippen LogP contribution in [-0.2, 0) is 11.3 Å². The highest BCUT2D eigenvalue weighted by molar-refractivity contribution is 5.90. The fourth-order valence-electron chi connectivity index (χ4n) is 3.27. The number of aromatic nitrogens is 5. The van der Waals surface area contributed by atoms with Gasteiger partial charge in [-0.25, -0.2) is 18.0 Å². The number of benzene rings is 1. The van der Waals surface area contributed by atoms with E-state index >= 15 is 0 Å². The van der Waals surface area contributed by atoms with Gasteiger partial charge in [0, 0.05) is 17.3 Å². The van der Waals surface area contributed by atoms with Crippen LogP contribution in [0, 0.1) is 5.82 Å². The number of rotatable bonds is 7. The quantitative estimate of drug-likeness (QED) is 0.592. The number of carbonyl (C=O) groups excluding carboxylic acids is 1. The summed E-state index contributed by atoms with van der Waals surface area (Å²) in [5.74, 6) is -0.288. The summed E-state index contributed by atoms with van der Waals surface area (Å²) in [4.78, 5) is 18.7. The van der Waals surface area contributed by atoms with Crippen LogP contribution in [0.5, 0.6) is 0 Å². The zero-order chi connectivity index (χ0) is 22.8. The van der Waals surface area contributed by atoms with Crippen molar-refractivity contribution < 1.29 is 27.8 Å². The molecule has 1 unspecified atom stereocenters. The van der Waals surface area contributed by atoms with Gasteiger partial charge in [0.05, 0.1) is 18.8 Å². The van der Waals surface area contributed by atoms with Gasteiger partial charge in [-0.3, -0.25) is 9.88 Å². The third-order valence-corrected chi connectivity index (χ3v) is 4.92. The highest BCUT2D eigenvalue weighted by Gasteiger charge is 2.40. The monoisotopic (exact) mass is 448 g/mol. The first kappa shape index (κ1) is 21.7. The summed E-state index contributed by atoms with van der Waals surface area (Å²) >= 11 is 0. The third-order valence-electron chi connectivity index (χ3n) is 4.92. The van der Waals surface area contributed by atoms with E-state index in [2.05, 4.69) is 20.4 Å². The molecule has 0 bridgehead atoms. The summed E-state index contributed by atoms with van der Waals surface area (Å²) in [5.41, 5.74) is 1.32. The molecule has 1 saturated heterocycles. The molecule has 32 heavy (non-hydrogen) atoms. The molecule has 2 atom stereocenters. The van der Waals surface area contributed by atoms with Crippen molar-refractivity contribution in [2.24, 2.45) is 0 Å². The number of ether oxygens (including phenoxy) is 1. The number of aliphatic hydroxyl groups excluding tert-OH is 1. The summed E-state index contributed by atoms with van der Waals surface area (Å²) in [5, 5.41) is 21.5. The fourth-order valence-corrected chi connectivity index (χ4v) is 3.27. The number of carbonyl (C=O) groups is 1. The SMILES string of the molecule is CCCn1nnc(-c2ccc(-c3ccc(N4C[C@@H](C(O)C(F)F)OC4=O)cc3F)cn2)n1. The summed E-state index contributed by atoms with van der Waals surface area (Å²) in [6.45, 7) is 2.31. The van der Waals surface area contributed by atoms with E-state index in [0.29, 0.717) is 23.6 Å². The topological polar surface area (TPSA) is 106 Å². The van der Waals surface area contributed by atoms with Gasteiger partial charge in [-0.15, -0.1) is 10.2 Å². The van der Waals surface area contributed by atoms with Gasteiger partial charge >= 0.3 is 6.09 Å². The molecule has 0 spiro atoms. The van der Waals surface area contributed by atoms with E-state index in [-0.39, 0.29) is 17.8 Å². The Kier molecular flexibility index (Phi) is 6.04. The number of hydrogen-bond acceptors (Lipinski definition) is 7. The number of anilines is 1. The number of alkyl halides is 2. The molecule has 1 fully saturated rings. The minimum Gasteiger partial charge on any atom is -0.441 e. The maximum absolute atomic E-state index is 14.8. The molecular weight excluding hydrogens is 429 g/mol. The number of aliphatic hydroxyl groups is 1. The molecule has 1 N–H and O–H groups in total. The van der Waals surface area contributed by atoms with E-state index < -0.39 is 30.5 Å². The lowest BCUT2D eigenvalue weighted by molar-refractivity contribution is -0.0641. The molecule has 1 aromatic carbocycles. The normalized spacial score (nSPS) is 17.1. The largest absolute Gasteiger partial charge is 0.441 e. The van der Waals surface area contributed by atoms with Crippen molar-refractivity contribution in [2.45, 2.75) is 38.5 Å². The number of tetrazole rings is 1. The molecule has 1 aliphatic rings. The van der Waals surface area contributed by atoms with E-state index in [1.807, 2.05) is 6.92 Å². The molecule has 2 aromatic heterocycles. The first-order valence-electron chi connectivity index (χ1n) is 9.86. The summed E-state index contributed by atoms with van der Waals surface area (Å²) in [7, 11) is 0. The van der Waals surface area contributed by atoms with Gasteiger partial charge in [0.25, 0.3) is 6.43 Å². The van der Waals surface area contributed by atoms with Crippen molar-refractivity contribution in [3.8, 4) is 22.6 Å². The molecule has 12 heteroatoms. The predicted molar refractivity (Wildman–Crippen MR) is 106 cm³/mol. The molecule has 1 amide bonds. The van der Waals surface area contributed by atoms with Crippen LogP contribution in [0.15, 0.2) is 36.5 Å². The second-order valence-electron chi connectivity index (χ2n) is 7.16. The van der Waals surface area contributed by atoms with Gasteiger partial charge in [-0.2, -0.15) is 4.80 Å². The van der Waals surface area contributed by atoms with Crippen LogP contribution in [0.4, 0.5) is 23.7 Å². The number of amides is 1. The summed E-state index contributed by atoms with van der Waals surface area (Å²) < 4.78 is 44.9. The van der Waals surface area contributed by atoms with E-state index in [1.54, 1.807) is 12.1 Å². The van der Waals surface area contributed by atoms with Gasteiger partial charge in [-0.05, 0) is 35.9 Å². The van der Waals surface area contributed by atoms with Crippen molar-refractivity contribution in [1.82, 2.24) is 25.2 Å². The number of nitrogens with zero attached hydrogens (tertiary/aromatic N) is 6. The zero-order valence-electron chi connectivity index (χ0n) is 16.9. The van der Waals surface area contributed by atoms with Crippen molar-refractivity contribution in [3.63, 3.8) is 0 Å². The van der Waals surface area contributed by atoms with Crippen LogP contribution < -0.4 is 4.90 Å². The van der Waals surface area contributed by atoms with E-state index in [1.165, 1.54) is 23.1 Å². The lowest BCUT2D eigenvalue weighted by Crippen LogP contribution is -2.36. The highest BCUT2D eigenvalue weighted by Crippen LogP contribution is 2.30. The number of pyridine rings is 1. The molecule has 168 valence electrons. The number of halogens is 3. The maximum atomic E-state index is 14.8. The van der Waals surface area contributed by atoms with Gasteiger partial charge in [0.2, 0.25) is 5.82 Å². The van der Waals surface area contributed by atoms with Crippen molar-refractivity contribution in [2.75, 3.05) is 11.4 Å². The molecule has 0 aliphatic carbocycles. The van der Waals surface area contributed by atoms with Gasteiger partial charge in [0.1, 0.15) is 11.5 Å². The molecule has 9 nitrogen and oxygen atoms in total. The average molecular weight is 448 g/mol. The van der Waals surface area contributed by atoms with Gasteiger partial charge in [0.15, 0.2) is 12.2 Å². The smallest absolute Gasteiger partial charge is 0.414 e. The standard InChI is InChI=1S/C20H19F3N6O3/c1-2-7-29-26-19(25-27-29)15-6-3-11(9-24-15)13-5-4-12(8-14(13)21)28-10-16(32-20(28)31)17(30)18(22)23/h3-6,8-9,16-18,30H,2,7,10H2,1H3/t16-,17?/m0/s1. The predicted octanol–water partition coefficient (Wildman–Crippen LogP) is 2.90. The van der Waals surface area contributed by atoms with Crippen LogP contribution in [0.25, 0.3) is 22.6 Å². The molecule has 4 rings (SSSR count). The Bertz CT molecular complexity index is 1110. The lowest BCUT2D eigenvalue weighted by Gasteiger charge is -2.16. The number of aryl methyl sites for hydroxylation is 1. The number of cyclic esters (lactones) is 1. The van der Waals surface area contributed by atoms with Crippen molar-refractivity contribution in [3.05, 3.63) is 42.3 Å². The van der Waals surface area contributed by atoms with Crippen LogP contribution >= 0.6 is 0 Å². The number of hydrogen-bond donors (Lipinski definition) is 1. The van der Waals surface area contributed by atoms with Gasteiger partial charge in [-0.1, -0.05) is 13.0 Å². The van der Waals surface area contributed by atoms with Crippen LogP contribution in [0.2, 0.25) is 0 Å². The molecule has 3 aromatic rings. The minimum atomic E-state index is -3.06. The first-order chi connectivity index (χ1) is 15.4. The molecule has 0 saturated carbocycles. The van der Waals surface area contributed by atoms with Crippen LogP contribution in [0.1, 0.15) is 13.3 Å². The Morgan fingerprint density at radius 2 is 2.09 bits per heavy atom. The second kappa shape index (κ2) is 8.91. The Labute approximate surface area is 180 Å². The van der Waals surface area contributed by atoms with Crippen LogP contribution in [0.3, 0.4) is 0 Å². The lowest BCUT2D eigenvalue weighted by atomic mass is 10.1. The first-order valence-corrected chi connectivity index (χ1v) is 9.86. The third kappa shape index (κ3) is 4.26. The van der Waals surface area contributed by atoms with Crippen molar-refractivity contribution >= 4 is 11.8 Å². The minimum absolute atomic E-state index is 0.126. The molecular formula is C20H19F3N6O3. The van der Waals surface area contributed by atoms with Crippen molar-refractivity contribution in [1.29, 1.82) is 0 Å². The van der Waals surface area contributed by atoms with Crippen LogP contribution in [-0.4, -0.2) is 61.6 Å². The molecule has 1 aliphatic heterocycles. The molecule has 3 heterocycles. The highest BCUT2D eigenvalue weighted by atomic mass is 19.3. The maximum Gasteiger partial charge on any atom is 0.414 e. The second-order valence-corrected chi connectivity index (χ2v) is 7.16. The average Bonchev–Trinajstić information content (AvgIpc) is 3.40. The Morgan fingerprint density at radius 1 is 1.28 bits per heavy atom. The van der Waals surface area contributed by atoms with Gasteiger partial charge < -0.3 is 9.84 Å². The summed E-state index contributed by atoms with van der Waals surface area (Å²) in [6.07, 6.45) is -5.18. The van der Waals surface area contributed by atoms with E-state index in [4.69, 9.17) is 4.74 Å². The zero-order valence-corrected chi connectivity index (χ0v) is 16.9. The van der Waals surface area contributed by atoms with E-state index in [9.17, 15) is 23.1 Å². The van der Waals surface area contributed by atoms with E-state index in [0.717, 1.165) is 17.4 Å². The Morgan fingerprint density at radius 3 is 2.75 bits per heavy atom. The molecule has 0 radical (unpaired) electrons. The summed E-state index contributed by atoms with van der Waals surface area (Å²) in [6, 6.07) is 7.30. The Hall–Kier alpha value is -3.54.